The van der Waals surface area contributed by atoms with Crippen molar-refractivity contribution in [3.05, 3.63) is 29.8 Å². The van der Waals surface area contributed by atoms with Crippen LogP contribution in [0.3, 0.4) is 0 Å². The number of nitrogens with one attached hydrogen (secondary N) is 1. The number of ether oxygens (including phenoxy) is 1. The predicted molar refractivity (Wildman–Crippen MR) is 87.8 cm³/mol. The van der Waals surface area contributed by atoms with Gasteiger partial charge < -0.3 is 10.1 Å². The molecule has 2 rings (SSSR count). The lowest BCUT2D eigenvalue weighted by molar-refractivity contribution is 0.328. The normalized spacial score (nSPS) is 21.0. The monoisotopic (exact) mass is 292 g/mol. The standard InChI is InChI=1S/C16H24N2OS/c1-12(2)15-7-10-20-16(18-15)17-8-9-19-14-6-4-5-13(3)11-14/h4-6,11-12,15H,7-10H2,1-3H3,(H,17,18). The molecular weight excluding hydrogens is 268 g/mol. The van der Waals surface area contributed by atoms with Crippen molar-refractivity contribution in [1.29, 1.82) is 0 Å². The van der Waals surface area contributed by atoms with Crippen molar-refractivity contribution in [2.24, 2.45) is 10.9 Å². The van der Waals surface area contributed by atoms with Gasteiger partial charge in [-0.2, -0.15) is 0 Å². The summed E-state index contributed by atoms with van der Waals surface area (Å²) in [5, 5.41) is 4.59. The van der Waals surface area contributed by atoms with Gasteiger partial charge in [0.2, 0.25) is 0 Å². The first-order valence-electron chi connectivity index (χ1n) is 7.28. The Morgan fingerprint density at radius 2 is 2.30 bits per heavy atom. The molecular formula is C16H24N2OS. The molecule has 0 amide bonds. The van der Waals surface area contributed by atoms with Crippen LogP contribution in [-0.4, -0.2) is 30.1 Å². The van der Waals surface area contributed by atoms with E-state index in [9.17, 15) is 0 Å². The lowest BCUT2D eigenvalue weighted by atomic mass is 10.0. The Morgan fingerprint density at radius 1 is 1.45 bits per heavy atom. The van der Waals surface area contributed by atoms with Crippen LogP contribution in [0.2, 0.25) is 0 Å². The second-order valence-corrected chi connectivity index (χ2v) is 6.57. The molecule has 1 heterocycles. The molecule has 20 heavy (non-hydrogen) atoms. The highest BCUT2D eigenvalue weighted by atomic mass is 32.2. The molecule has 0 saturated carbocycles. The Labute approximate surface area is 126 Å². The third-order valence-corrected chi connectivity index (χ3v) is 4.35. The Bertz CT molecular complexity index is 460. The van der Waals surface area contributed by atoms with E-state index in [1.54, 1.807) is 0 Å². The highest BCUT2D eigenvalue weighted by Crippen LogP contribution is 2.18. The zero-order valence-corrected chi connectivity index (χ0v) is 13.4. The number of aryl methyl sites for hydroxylation is 1. The fourth-order valence-electron chi connectivity index (χ4n) is 2.16. The Hall–Kier alpha value is -1.16. The summed E-state index contributed by atoms with van der Waals surface area (Å²) in [6.45, 7) is 7.91. The second kappa shape index (κ2) is 7.58. The number of aliphatic imine (C=N–C) groups is 1. The highest BCUT2D eigenvalue weighted by Gasteiger charge is 2.19. The number of hydrogen-bond donors (Lipinski definition) is 1. The molecule has 1 aliphatic heterocycles. The van der Waals surface area contributed by atoms with Crippen molar-refractivity contribution >= 4 is 16.9 Å². The van der Waals surface area contributed by atoms with E-state index >= 15 is 0 Å². The number of rotatable bonds is 5. The molecule has 1 saturated heterocycles. The molecule has 0 aliphatic carbocycles. The maximum atomic E-state index is 5.71. The minimum atomic E-state index is 0.563. The number of amidine groups is 1. The van der Waals surface area contributed by atoms with Crippen LogP contribution < -0.4 is 10.1 Å². The smallest absolute Gasteiger partial charge is 0.156 e. The SMILES string of the molecule is Cc1cccc(OCCN=C2NC(C(C)C)CCS2)c1. The van der Waals surface area contributed by atoms with Crippen molar-refractivity contribution in [2.45, 2.75) is 33.2 Å². The summed E-state index contributed by atoms with van der Waals surface area (Å²) in [5.41, 5.74) is 1.22. The van der Waals surface area contributed by atoms with Gasteiger partial charge in [-0.3, -0.25) is 4.99 Å². The summed E-state index contributed by atoms with van der Waals surface area (Å²) >= 11 is 1.82. The van der Waals surface area contributed by atoms with E-state index < -0.39 is 0 Å². The average molecular weight is 292 g/mol. The molecule has 1 fully saturated rings. The fraction of sp³-hybridized carbons (Fsp3) is 0.562. The van der Waals surface area contributed by atoms with Gasteiger partial charge in [0, 0.05) is 11.8 Å². The number of benzene rings is 1. The van der Waals surface area contributed by atoms with E-state index in [1.807, 2.05) is 23.9 Å². The second-order valence-electron chi connectivity index (χ2n) is 5.48. The van der Waals surface area contributed by atoms with Crippen LogP contribution in [0.4, 0.5) is 0 Å². The maximum absolute atomic E-state index is 5.71. The lowest BCUT2D eigenvalue weighted by Gasteiger charge is -2.28. The molecule has 1 aliphatic rings. The van der Waals surface area contributed by atoms with E-state index in [0.29, 0.717) is 25.1 Å². The van der Waals surface area contributed by atoms with Crippen molar-refractivity contribution in [3.63, 3.8) is 0 Å². The number of hydrogen-bond acceptors (Lipinski definition) is 3. The van der Waals surface area contributed by atoms with Gasteiger partial charge in [0.15, 0.2) is 5.17 Å². The van der Waals surface area contributed by atoms with Crippen molar-refractivity contribution in [3.8, 4) is 5.75 Å². The molecule has 0 bridgehead atoms. The van der Waals surface area contributed by atoms with Crippen LogP contribution in [0.15, 0.2) is 29.3 Å². The molecule has 1 aromatic carbocycles. The zero-order valence-electron chi connectivity index (χ0n) is 12.6. The van der Waals surface area contributed by atoms with Crippen molar-refractivity contribution < 1.29 is 4.74 Å². The summed E-state index contributed by atoms with van der Waals surface area (Å²) in [5.74, 6) is 2.74. The van der Waals surface area contributed by atoms with Crippen molar-refractivity contribution in [1.82, 2.24) is 5.32 Å². The summed E-state index contributed by atoms with van der Waals surface area (Å²) in [4.78, 5) is 4.60. The minimum Gasteiger partial charge on any atom is -0.492 e. The molecule has 0 spiro atoms. The van der Waals surface area contributed by atoms with Gasteiger partial charge >= 0.3 is 0 Å². The first-order valence-corrected chi connectivity index (χ1v) is 8.27. The van der Waals surface area contributed by atoms with Crippen LogP contribution in [0, 0.1) is 12.8 Å². The van der Waals surface area contributed by atoms with Crippen LogP contribution in [0.5, 0.6) is 5.75 Å². The van der Waals surface area contributed by atoms with Crippen LogP contribution in [-0.2, 0) is 0 Å². The zero-order chi connectivity index (χ0) is 14.4. The molecule has 110 valence electrons. The summed E-state index contributed by atoms with van der Waals surface area (Å²) in [6, 6.07) is 8.69. The number of thioether (sulfide) groups is 1. The number of nitrogens with zero attached hydrogens (tertiary/aromatic N) is 1. The van der Waals surface area contributed by atoms with Gasteiger partial charge in [-0.15, -0.1) is 0 Å². The topological polar surface area (TPSA) is 33.6 Å². The van der Waals surface area contributed by atoms with E-state index in [2.05, 4.69) is 43.2 Å². The van der Waals surface area contributed by atoms with E-state index in [1.165, 1.54) is 12.0 Å². The maximum Gasteiger partial charge on any atom is 0.156 e. The van der Waals surface area contributed by atoms with Gasteiger partial charge in [0.1, 0.15) is 12.4 Å². The Kier molecular flexibility index (Phi) is 5.77. The van der Waals surface area contributed by atoms with Crippen LogP contribution in [0.25, 0.3) is 0 Å². The minimum absolute atomic E-state index is 0.563. The first-order chi connectivity index (χ1) is 9.65. The van der Waals surface area contributed by atoms with Gasteiger partial charge in [-0.25, -0.2) is 0 Å². The highest BCUT2D eigenvalue weighted by molar-refractivity contribution is 8.13. The molecule has 3 nitrogen and oxygen atoms in total. The fourth-order valence-corrected chi connectivity index (χ4v) is 3.14. The molecule has 4 heteroatoms. The third kappa shape index (κ3) is 4.75. The molecule has 1 atom stereocenters. The summed E-state index contributed by atoms with van der Waals surface area (Å²) < 4.78 is 5.71. The molecule has 0 radical (unpaired) electrons. The van der Waals surface area contributed by atoms with Crippen LogP contribution >= 0.6 is 11.8 Å². The van der Waals surface area contributed by atoms with Gasteiger partial charge in [-0.05, 0) is 37.0 Å². The third-order valence-electron chi connectivity index (χ3n) is 3.39. The summed E-state index contributed by atoms with van der Waals surface area (Å²) in [6.07, 6.45) is 1.22. The average Bonchev–Trinajstić information content (AvgIpc) is 2.44. The molecule has 1 N–H and O–H groups in total. The largest absolute Gasteiger partial charge is 0.492 e. The van der Waals surface area contributed by atoms with Gasteiger partial charge in [-0.1, -0.05) is 37.7 Å². The van der Waals surface area contributed by atoms with E-state index in [0.717, 1.165) is 16.7 Å². The molecule has 1 unspecified atom stereocenters. The van der Waals surface area contributed by atoms with E-state index in [-0.39, 0.29) is 0 Å². The van der Waals surface area contributed by atoms with Crippen LogP contribution in [0.1, 0.15) is 25.8 Å². The van der Waals surface area contributed by atoms with Crippen molar-refractivity contribution in [2.75, 3.05) is 18.9 Å². The lowest BCUT2D eigenvalue weighted by Crippen LogP contribution is -2.41. The Balaban J connectivity index is 1.75. The summed E-state index contributed by atoms with van der Waals surface area (Å²) in [7, 11) is 0. The van der Waals surface area contributed by atoms with Gasteiger partial charge in [0.25, 0.3) is 0 Å². The Morgan fingerprint density at radius 3 is 3.05 bits per heavy atom. The van der Waals surface area contributed by atoms with Gasteiger partial charge in [0.05, 0.1) is 6.54 Å². The molecule has 1 aromatic rings. The first kappa shape index (κ1) is 15.2. The predicted octanol–water partition coefficient (Wildman–Crippen LogP) is 3.48. The van der Waals surface area contributed by atoms with E-state index in [4.69, 9.17) is 4.74 Å². The quantitative estimate of drug-likeness (QED) is 0.844. The molecule has 0 aromatic heterocycles.